The van der Waals surface area contributed by atoms with Gasteiger partial charge in [0.2, 0.25) is 0 Å². The number of carbonyl (C=O) groups excluding carboxylic acids is 1. The van der Waals surface area contributed by atoms with Crippen LogP contribution >= 0.6 is 0 Å². The second-order valence-corrected chi connectivity index (χ2v) is 5.13. The molecule has 4 nitrogen and oxygen atoms in total. The van der Waals surface area contributed by atoms with Gasteiger partial charge in [0.05, 0.1) is 0 Å². The van der Waals surface area contributed by atoms with Gasteiger partial charge < -0.3 is 14.7 Å². The highest BCUT2D eigenvalue weighted by Gasteiger charge is 2.51. The van der Waals surface area contributed by atoms with Gasteiger partial charge in [0.1, 0.15) is 0 Å². The minimum Gasteiger partial charge on any atom is -0.365 e. The maximum atomic E-state index is 12.2. The molecule has 0 aromatic heterocycles. The van der Waals surface area contributed by atoms with Crippen LogP contribution in [0.25, 0.3) is 0 Å². The Morgan fingerprint density at radius 2 is 2.27 bits per heavy atom. The van der Waals surface area contributed by atoms with Gasteiger partial charge in [-0.15, -0.1) is 0 Å². The Morgan fingerprint density at radius 3 is 2.67 bits per heavy atom. The second-order valence-electron chi connectivity index (χ2n) is 5.13. The predicted molar refractivity (Wildman–Crippen MR) is 55.0 cm³/mol. The zero-order valence-corrected chi connectivity index (χ0v) is 9.36. The van der Waals surface area contributed by atoms with Gasteiger partial charge in [-0.05, 0) is 32.9 Å². The molecule has 0 aromatic rings. The van der Waals surface area contributed by atoms with Crippen LogP contribution < -0.4 is 0 Å². The summed E-state index contributed by atoms with van der Waals surface area (Å²) in [5, 5.41) is 9.28. The molecule has 2 aliphatic heterocycles. The summed E-state index contributed by atoms with van der Waals surface area (Å²) < 4.78 is 5.30. The van der Waals surface area contributed by atoms with Gasteiger partial charge >= 0.3 is 0 Å². The lowest BCUT2D eigenvalue weighted by Gasteiger charge is -2.33. The molecule has 1 saturated heterocycles. The van der Waals surface area contributed by atoms with E-state index in [2.05, 4.69) is 0 Å². The van der Waals surface area contributed by atoms with E-state index in [-0.39, 0.29) is 11.4 Å². The van der Waals surface area contributed by atoms with E-state index in [9.17, 15) is 9.90 Å². The fourth-order valence-electron chi connectivity index (χ4n) is 2.15. The number of carbonyl (C=O) groups is 1. The van der Waals surface area contributed by atoms with Crippen molar-refractivity contribution in [1.29, 1.82) is 0 Å². The standard InChI is InChI=1S/C11H17NO3/c1-10(2,3)12-7-6-11(9(12)14)5-4-8(13)15-11/h4-5,8,13H,6-7H2,1-3H3. The van der Waals surface area contributed by atoms with Crippen LogP contribution in [0.2, 0.25) is 0 Å². The molecule has 2 rings (SSSR count). The molecule has 0 aromatic carbocycles. The number of hydrogen-bond donors (Lipinski definition) is 1. The van der Waals surface area contributed by atoms with E-state index in [4.69, 9.17) is 4.74 Å². The Hall–Kier alpha value is -0.870. The zero-order valence-electron chi connectivity index (χ0n) is 9.36. The van der Waals surface area contributed by atoms with Gasteiger partial charge in [-0.3, -0.25) is 4.79 Å². The third-order valence-corrected chi connectivity index (χ3v) is 2.98. The molecular formula is C11H17NO3. The Kier molecular flexibility index (Phi) is 2.17. The topological polar surface area (TPSA) is 49.8 Å². The van der Waals surface area contributed by atoms with Crippen LogP contribution in [0.5, 0.6) is 0 Å². The summed E-state index contributed by atoms with van der Waals surface area (Å²) in [7, 11) is 0. The van der Waals surface area contributed by atoms with Gasteiger partial charge in [0, 0.05) is 18.5 Å². The van der Waals surface area contributed by atoms with Crippen LogP contribution in [0, 0.1) is 0 Å². The maximum absolute atomic E-state index is 12.2. The van der Waals surface area contributed by atoms with Crippen molar-refractivity contribution in [3.05, 3.63) is 12.2 Å². The summed E-state index contributed by atoms with van der Waals surface area (Å²) in [5.74, 6) is -0.0391. The van der Waals surface area contributed by atoms with Gasteiger partial charge in [-0.25, -0.2) is 0 Å². The van der Waals surface area contributed by atoms with Gasteiger partial charge in [-0.2, -0.15) is 0 Å². The summed E-state index contributed by atoms with van der Waals surface area (Å²) in [6, 6.07) is 0. The molecule has 0 aliphatic carbocycles. The number of amides is 1. The smallest absolute Gasteiger partial charge is 0.259 e. The average Bonchev–Trinajstić information content (AvgIpc) is 2.59. The molecule has 2 heterocycles. The van der Waals surface area contributed by atoms with E-state index in [1.54, 1.807) is 11.0 Å². The first-order chi connectivity index (χ1) is 6.85. The molecular weight excluding hydrogens is 194 g/mol. The Bertz CT molecular complexity index is 318. The highest BCUT2D eigenvalue weighted by atomic mass is 16.6. The predicted octanol–water partition coefficient (Wildman–Crippen LogP) is 0.661. The molecule has 0 radical (unpaired) electrons. The Morgan fingerprint density at radius 1 is 1.60 bits per heavy atom. The van der Waals surface area contributed by atoms with E-state index in [1.807, 2.05) is 20.8 Å². The summed E-state index contributed by atoms with van der Waals surface area (Å²) in [5.41, 5.74) is -1.09. The number of aliphatic hydroxyl groups is 1. The number of hydrogen-bond acceptors (Lipinski definition) is 3. The minimum absolute atomic E-state index is 0.0391. The number of ether oxygens (including phenoxy) is 1. The van der Waals surface area contributed by atoms with Crippen molar-refractivity contribution in [3.8, 4) is 0 Å². The summed E-state index contributed by atoms with van der Waals surface area (Å²) in [4.78, 5) is 14.0. The summed E-state index contributed by atoms with van der Waals surface area (Å²) in [6.07, 6.45) is 2.90. The Balaban J connectivity index is 2.22. The SMILES string of the molecule is CC(C)(C)N1CCC2(C=CC(O)O2)C1=O. The first kappa shape index (κ1) is 10.6. The molecule has 0 saturated carbocycles. The van der Waals surface area contributed by atoms with Crippen molar-refractivity contribution < 1.29 is 14.6 Å². The number of rotatable bonds is 0. The van der Waals surface area contributed by atoms with Crippen LogP contribution in [0.4, 0.5) is 0 Å². The molecule has 4 heteroatoms. The zero-order chi connectivity index (χ0) is 11.3. The second kappa shape index (κ2) is 3.06. The van der Waals surface area contributed by atoms with Crippen molar-refractivity contribution in [2.45, 2.75) is 44.6 Å². The van der Waals surface area contributed by atoms with Crippen molar-refractivity contribution in [2.24, 2.45) is 0 Å². The highest BCUT2D eigenvalue weighted by Crippen LogP contribution is 2.36. The van der Waals surface area contributed by atoms with Crippen LogP contribution in [-0.4, -0.2) is 39.9 Å². The van der Waals surface area contributed by atoms with Crippen molar-refractivity contribution in [3.63, 3.8) is 0 Å². The first-order valence-electron chi connectivity index (χ1n) is 5.22. The van der Waals surface area contributed by atoms with Crippen LogP contribution in [0.3, 0.4) is 0 Å². The van der Waals surface area contributed by atoms with Crippen LogP contribution in [0.15, 0.2) is 12.2 Å². The van der Waals surface area contributed by atoms with Crippen molar-refractivity contribution >= 4 is 5.91 Å². The summed E-state index contributed by atoms with van der Waals surface area (Å²) >= 11 is 0. The van der Waals surface area contributed by atoms with Gasteiger partial charge in [0.15, 0.2) is 11.9 Å². The number of likely N-dealkylation sites (tertiary alicyclic amines) is 1. The maximum Gasteiger partial charge on any atom is 0.259 e. The molecule has 1 fully saturated rings. The fraction of sp³-hybridized carbons (Fsp3) is 0.727. The molecule has 84 valence electrons. The number of aliphatic hydroxyl groups excluding tert-OH is 1. The molecule has 0 bridgehead atoms. The molecule has 1 spiro atoms. The molecule has 15 heavy (non-hydrogen) atoms. The minimum atomic E-state index is -0.936. The molecule has 2 aliphatic rings. The van der Waals surface area contributed by atoms with E-state index >= 15 is 0 Å². The third-order valence-electron chi connectivity index (χ3n) is 2.98. The average molecular weight is 211 g/mol. The number of nitrogens with zero attached hydrogens (tertiary/aromatic N) is 1. The van der Waals surface area contributed by atoms with E-state index < -0.39 is 11.9 Å². The van der Waals surface area contributed by atoms with Gasteiger partial charge in [0.25, 0.3) is 5.91 Å². The monoisotopic (exact) mass is 211 g/mol. The van der Waals surface area contributed by atoms with Crippen molar-refractivity contribution in [2.75, 3.05) is 6.54 Å². The van der Waals surface area contributed by atoms with Crippen LogP contribution in [0.1, 0.15) is 27.2 Å². The lowest BCUT2D eigenvalue weighted by molar-refractivity contribution is -0.162. The largest absolute Gasteiger partial charge is 0.365 e. The lowest BCUT2D eigenvalue weighted by atomic mass is 10.0. The Labute approximate surface area is 89.5 Å². The molecule has 1 amide bonds. The fourth-order valence-corrected chi connectivity index (χ4v) is 2.15. The molecule has 1 N–H and O–H groups in total. The first-order valence-corrected chi connectivity index (χ1v) is 5.22. The van der Waals surface area contributed by atoms with E-state index in [1.165, 1.54) is 6.08 Å². The van der Waals surface area contributed by atoms with Gasteiger partial charge in [-0.1, -0.05) is 0 Å². The third kappa shape index (κ3) is 1.58. The molecule has 2 unspecified atom stereocenters. The normalized spacial score (nSPS) is 35.9. The molecule has 2 atom stereocenters. The highest BCUT2D eigenvalue weighted by molar-refractivity contribution is 5.90. The summed E-state index contributed by atoms with van der Waals surface area (Å²) in [6.45, 7) is 6.68. The lowest BCUT2D eigenvalue weighted by Crippen LogP contribution is -2.47. The quantitative estimate of drug-likeness (QED) is 0.599. The van der Waals surface area contributed by atoms with E-state index in [0.717, 1.165) is 0 Å². The van der Waals surface area contributed by atoms with Crippen molar-refractivity contribution in [1.82, 2.24) is 4.90 Å². The van der Waals surface area contributed by atoms with Crippen LogP contribution in [-0.2, 0) is 9.53 Å². The van der Waals surface area contributed by atoms with E-state index in [0.29, 0.717) is 13.0 Å².